The lowest BCUT2D eigenvalue weighted by molar-refractivity contribution is -0.125. The third kappa shape index (κ3) is 5.59. The van der Waals surface area contributed by atoms with Gasteiger partial charge in [-0.1, -0.05) is 57.8 Å². The molecule has 1 aliphatic heterocycles. The number of hydrogen-bond donors (Lipinski definition) is 2. The maximum absolute atomic E-state index is 11.7. The molecule has 0 radical (unpaired) electrons. The third-order valence-corrected chi connectivity index (χ3v) is 5.16. The Balaban J connectivity index is 1.92. The van der Waals surface area contributed by atoms with E-state index in [1.54, 1.807) is 0 Å². The molecule has 1 atom stereocenters. The standard InChI is InChI=1S/C17H33N3O/c18-17(21)16-14-19-12-13-20(16)15-10-8-6-4-2-1-3-5-7-9-11-15/h15-16,19H,1-14H2,(H2,18,21). The van der Waals surface area contributed by atoms with Crippen molar-refractivity contribution in [3.8, 4) is 0 Å². The first kappa shape index (κ1) is 16.8. The zero-order valence-corrected chi connectivity index (χ0v) is 13.5. The van der Waals surface area contributed by atoms with Crippen molar-refractivity contribution < 1.29 is 4.79 Å². The van der Waals surface area contributed by atoms with Crippen LogP contribution >= 0.6 is 0 Å². The smallest absolute Gasteiger partial charge is 0.236 e. The summed E-state index contributed by atoms with van der Waals surface area (Å²) in [4.78, 5) is 14.1. The predicted octanol–water partition coefficient (Wildman–Crippen LogP) is 2.42. The number of hydrogen-bond acceptors (Lipinski definition) is 3. The van der Waals surface area contributed by atoms with Crippen LogP contribution in [0, 0.1) is 0 Å². The molecule has 1 unspecified atom stereocenters. The Bertz CT molecular complexity index is 296. The number of carbonyl (C=O) groups excluding carboxylic acids is 1. The topological polar surface area (TPSA) is 58.4 Å². The van der Waals surface area contributed by atoms with Crippen molar-refractivity contribution in [3.05, 3.63) is 0 Å². The largest absolute Gasteiger partial charge is 0.368 e. The molecular formula is C17H33N3O. The van der Waals surface area contributed by atoms with Crippen LogP contribution in [0.3, 0.4) is 0 Å². The van der Waals surface area contributed by atoms with Gasteiger partial charge < -0.3 is 11.1 Å². The molecule has 4 heteroatoms. The van der Waals surface area contributed by atoms with Gasteiger partial charge in [0.25, 0.3) is 0 Å². The van der Waals surface area contributed by atoms with E-state index in [0.29, 0.717) is 6.04 Å². The van der Waals surface area contributed by atoms with Gasteiger partial charge in [-0.15, -0.1) is 0 Å². The van der Waals surface area contributed by atoms with E-state index in [9.17, 15) is 4.79 Å². The fraction of sp³-hybridized carbons (Fsp3) is 0.941. The van der Waals surface area contributed by atoms with E-state index in [2.05, 4.69) is 10.2 Å². The second-order valence-corrected chi connectivity index (χ2v) is 6.77. The summed E-state index contributed by atoms with van der Waals surface area (Å²) in [5, 5.41) is 3.31. The molecule has 1 heterocycles. The number of carbonyl (C=O) groups is 1. The Hall–Kier alpha value is -0.610. The quantitative estimate of drug-likeness (QED) is 0.822. The van der Waals surface area contributed by atoms with E-state index in [-0.39, 0.29) is 11.9 Å². The fourth-order valence-electron chi connectivity index (χ4n) is 3.89. The number of rotatable bonds is 2. The molecule has 21 heavy (non-hydrogen) atoms. The average molecular weight is 295 g/mol. The van der Waals surface area contributed by atoms with Crippen LogP contribution in [0.4, 0.5) is 0 Å². The van der Waals surface area contributed by atoms with Crippen LogP contribution in [0.25, 0.3) is 0 Å². The molecule has 1 saturated carbocycles. The lowest BCUT2D eigenvalue weighted by Crippen LogP contribution is -2.59. The molecule has 122 valence electrons. The summed E-state index contributed by atoms with van der Waals surface area (Å²) < 4.78 is 0. The van der Waals surface area contributed by atoms with Crippen molar-refractivity contribution in [2.75, 3.05) is 19.6 Å². The lowest BCUT2D eigenvalue weighted by Gasteiger charge is -2.40. The zero-order chi connectivity index (χ0) is 14.9. The Morgan fingerprint density at radius 1 is 0.905 bits per heavy atom. The van der Waals surface area contributed by atoms with E-state index < -0.39 is 0 Å². The van der Waals surface area contributed by atoms with Crippen LogP contribution in [0.5, 0.6) is 0 Å². The molecule has 1 amide bonds. The van der Waals surface area contributed by atoms with Gasteiger partial charge >= 0.3 is 0 Å². The second kappa shape index (κ2) is 9.42. The first-order valence-corrected chi connectivity index (χ1v) is 9.05. The van der Waals surface area contributed by atoms with Crippen LogP contribution in [0.1, 0.15) is 70.6 Å². The number of amides is 1. The van der Waals surface area contributed by atoms with Gasteiger partial charge in [0, 0.05) is 25.7 Å². The summed E-state index contributed by atoms with van der Waals surface area (Å²) >= 11 is 0. The van der Waals surface area contributed by atoms with Crippen LogP contribution in [-0.2, 0) is 4.79 Å². The normalized spacial score (nSPS) is 28.5. The maximum atomic E-state index is 11.7. The minimum absolute atomic E-state index is 0.100. The number of nitrogens with one attached hydrogen (secondary N) is 1. The number of primary amides is 1. The predicted molar refractivity (Wildman–Crippen MR) is 87.1 cm³/mol. The molecule has 2 fully saturated rings. The molecule has 2 rings (SSSR count). The van der Waals surface area contributed by atoms with E-state index in [4.69, 9.17) is 5.73 Å². The van der Waals surface area contributed by atoms with Crippen molar-refractivity contribution in [1.82, 2.24) is 10.2 Å². The summed E-state index contributed by atoms with van der Waals surface area (Å²) in [7, 11) is 0. The molecule has 3 N–H and O–H groups in total. The Morgan fingerprint density at radius 3 is 1.95 bits per heavy atom. The van der Waals surface area contributed by atoms with Crippen molar-refractivity contribution in [1.29, 1.82) is 0 Å². The molecule has 0 aromatic rings. The van der Waals surface area contributed by atoms with Crippen molar-refractivity contribution in [2.45, 2.75) is 82.7 Å². The summed E-state index contributed by atoms with van der Waals surface area (Å²) in [5.41, 5.74) is 5.62. The Kier molecular flexibility index (Phi) is 7.51. The van der Waals surface area contributed by atoms with Gasteiger partial charge in [-0.3, -0.25) is 9.69 Å². The van der Waals surface area contributed by atoms with Crippen molar-refractivity contribution in [3.63, 3.8) is 0 Å². The molecule has 0 aromatic carbocycles. The van der Waals surface area contributed by atoms with Gasteiger partial charge in [-0.2, -0.15) is 0 Å². The van der Waals surface area contributed by atoms with Gasteiger partial charge in [0.15, 0.2) is 0 Å². The minimum atomic E-state index is -0.159. The van der Waals surface area contributed by atoms with E-state index >= 15 is 0 Å². The number of nitrogens with two attached hydrogens (primary N) is 1. The summed E-state index contributed by atoms with van der Waals surface area (Å²) in [6.07, 6.45) is 14.8. The van der Waals surface area contributed by atoms with E-state index in [1.807, 2.05) is 0 Å². The first-order chi connectivity index (χ1) is 10.3. The molecule has 0 spiro atoms. The summed E-state index contributed by atoms with van der Waals surface area (Å²) in [5.74, 6) is -0.159. The Labute approximate surface area is 129 Å². The molecular weight excluding hydrogens is 262 g/mol. The van der Waals surface area contributed by atoms with Crippen LogP contribution in [0.2, 0.25) is 0 Å². The molecule has 1 saturated heterocycles. The molecule has 0 bridgehead atoms. The van der Waals surface area contributed by atoms with Gasteiger partial charge in [0.05, 0.1) is 0 Å². The minimum Gasteiger partial charge on any atom is -0.368 e. The van der Waals surface area contributed by atoms with Crippen molar-refractivity contribution >= 4 is 5.91 Å². The highest BCUT2D eigenvalue weighted by atomic mass is 16.1. The van der Waals surface area contributed by atoms with Gasteiger partial charge in [-0.05, 0) is 12.8 Å². The maximum Gasteiger partial charge on any atom is 0.236 e. The third-order valence-electron chi connectivity index (χ3n) is 5.16. The van der Waals surface area contributed by atoms with Crippen LogP contribution < -0.4 is 11.1 Å². The highest BCUT2D eigenvalue weighted by molar-refractivity contribution is 5.80. The fourth-order valence-corrected chi connectivity index (χ4v) is 3.89. The van der Waals surface area contributed by atoms with E-state index in [0.717, 1.165) is 19.6 Å². The Morgan fingerprint density at radius 2 is 1.43 bits per heavy atom. The summed E-state index contributed by atoms with van der Waals surface area (Å²) in [6, 6.07) is 0.459. The zero-order valence-electron chi connectivity index (χ0n) is 13.5. The van der Waals surface area contributed by atoms with E-state index in [1.165, 1.54) is 70.6 Å². The second-order valence-electron chi connectivity index (χ2n) is 6.77. The molecule has 4 nitrogen and oxygen atoms in total. The number of nitrogens with zero attached hydrogens (tertiary/aromatic N) is 1. The number of piperazine rings is 1. The average Bonchev–Trinajstić information content (AvgIpc) is 2.48. The highest BCUT2D eigenvalue weighted by Gasteiger charge is 2.31. The molecule has 0 aromatic heterocycles. The monoisotopic (exact) mass is 295 g/mol. The molecule has 1 aliphatic carbocycles. The first-order valence-electron chi connectivity index (χ1n) is 9.05. The van der Waals surface area contributed by atoms with Gasteiger partial charge in [0.2, 0.25) is 5.91 Å². The van der Waals surface area contributed by atoms with Crippen LogP contribution in [0.15, 0.2) is 0 Å². The SMILES string of the molecule is NC(=O)C1CNCCN1C1CCCCCCCCCCC1. The van der Waals surface area contributed by atoms with Gasteiger partial charge in [-0.25, -0.2) is 0 Å². The van der Waals surface area contributed by atoms with Crippen LogP contribution in [-0.4, -0.2) is 42.5 Å². The van der Waals surface area contributed by atoms with Crippen molar-refractivity contribution in [2.24, 2.45) is 5.73 Å². The highest BCUT2D eigenvalue weighted by Crippen LogP contribution is 2.22. The lowest BCUT2D eigenvalue weighted by atomic mass is 9.95. The van der Waals surface area contributed by atoms with Gasteiger partial charge in [0.1, 0.15) is 6.04 Å². The summed E-state index contributed by atoms with van der Waals surface area (Å²) in [6.45, 7) is 2.68. The molecule has 2 aliphatic rings.